The molecule has 6 nitrogen and oxygen atoms in total. The van der Waals surface area contributed by atoms with E-state index in [9.17, 15) is 9.59 Å². The molecule has 0 radical (unpaired) electrons. The number of nitrogens with zero attached hydrogens (tertiary/aromatic N) is 2. The van der Waals surface area contributed by atoms with Crippen molar-refractivity contribution < 1.29 is 9.59 Å². The molecule has 0 saturated heterocycles. The summed E-state index contributed by atoms with van der Waals surface area (Å²) in [5.41, 5.74) is 5.78. The van der Waals surface area contributed by atoms with Crippen LogP contribution in [-0.2, 0) is 9.59 Å². The van der Waals surface area contributed by atoms with E-state index >= 15 is 0 Å². The van der Waals surface area contributed by atoms with Crippen molar-refractivity contribution in [1.29, 1.82) is 0 Å². The number of rotatable bonds is 4. The zero-order valence-corrected chi connectivity index (χ0v) is 19.1. The average Bonchev–Trinajstić information content (AvgIpc) is 3.51. The van der Waals surface area contributed by atoms with Crippen molar-refractivity contribution >= 4 is 23.2 Å². The fraction of sp³-hybridized carbons (Fsp3) is 0.143. The first kappa shape index (κ1) is 21.5. The summed E-state index contributed by atoms with van der Waals surface area (Å²) in [4.78, 5) is 28.0. The van der Waals surface area contributed by atoms with Gasteiger partial charge in [-0.1, -0.05) is 84.9 Å². The van der Waals surface area contributed by atoms with E-state index in [1.807, 2.05) is 97.3 Å². The van der Waals surface area contributed by atoms with Gasteiger partial charge in [-0.2, -0.15) is 0 Å². The van der Waals surface area contributed by atoms with Crippen LogP contribution in [0.5, 0.6) is 0 Å². The molecule has 2 aliphatic heterocycles. The number of hydrogen-bond donors (Lipinski definition) is 2. The summed E-state index contributed by atoms with van der Waals surface area (Å²) in [7, 11) is 0. The minimum Gasteiger partial charge on any atom is -0.359 e. The molecule has 3 aromatic carbocycles. The van der Waals surface area contributed by atoms with E-state index in [2.05, 4.69) is 10.6 Å². The maximum atomic E-state index is 12.3. The van der Waals surface area contributed by atoms with Crippen LogP contribution in [0.3, 0.4) is 0 Å². The predicted molar refractivity (Wildman–Crippen MR) is 132 cm³/mol. The molecule has 6 heteroatoms. The van der Waals surface area contributed by atoms with Crippen LogP contribution in [0.1, 0.15) is 48.4 Å². The Labute approximate surface area is 199 Å². The minimum atomic E-state index is -0.233. The van der Waals surface area contributed by atoms with Crippen molar-refractivity contribution in [2.24, 2.45) is 0 Å². The maximum Gasteiger partial charge on any atom is 0.225 e. The van der Waals surface area contributed by atoms with Crippen LogP contribution >= 0.6 is 0 Å². The van der Waals surface area contributed by atoms with Crippen molar-refractivity contribution in [1.82, 2.24) is 20.4 Å². The van der Waals surface area contributed by atoms with Gasteiger partial charge in [0.15, 0.2) is 0 Å². The third-order valence-electron chi connectivity index (χ3n) is 6.14. The number of carbonyl (C=O) groups is 2. The van der Waals surface area contributed by atoms with Crippen LogP contribution in [0.25, 0.3) is 11.4 Å². The largest absolute Gasteiger partial charge is 0.359 e. The van der Waals surface area contributed by atoms with Crippen LogP contribution in [0.2, 0.25) is 0 Å². The zero-order chi connectivity index (χ0) is 23.7. The van der Waals surface area contributed by atoms with Crippen molar-refractivity contribution in [3.63, 3.8) is 0 Å². The molecule has 34 heavy (non-hydrogen) atoms. The predicted octanol–water partition coefficient (Wildman–Crippen LogP) is 4.58. The SMILES string of the molecule is CC(=O)N1C=C(c2ccc(C3=CN(C(C)=O)C(c4ccccc4)N3)cc2)NC1c1ccccc1. The van der Waals surface area contributed by atoms with E-state index in [-0.39, 0.29) is 24.1 Å². The second-order valence-electron chi connectivity index (χ2n) is 8.43. The second kappa shape index (κ2) is 8.90. The van der Waals surface area contributed by atoms with Crippen LogP contribution in [-0.4, -0.2) is 21.6 Å². The van der Waals surface area contributed by atoms with Gasteiger partial charge in [-0.25, -0.2) is 0 Å². The van der Waals surface area contributed by atoms with E-state index < -0.39 is 0 Å². The Morgan fingerprint density at radius 1 is 0.588 bits per heavy atom. The zero-order valence-electron chi connectivity index (χ0n) is 19.1. The molecule has 0 saturated carbocycles. The lowest BCUT2D eigenvalue weighted by Crippen LogP contribution is -2.30. The van der Waals surface area contributed by atoms with Crippen molar-refractivity contribution in [3.8, 4) is 0 Å². The summed E-state index contributed by atoms with van der Waals surface area (Å²) in [6, 6.07) is 27.9. The van der Waals surface area contributed by atoms with Crippen LogP contribution in [0.4, 0.5) is 0 Å². The summed E-state index contributed by atoms with van der Waals surface area (Å²) in [6.07, 6.45) is 3.27. The van der Waals surface area contributed by atoms with Crippen molar-refractivity contribution in [2.45, 2.75) is 26.2 Å². The highest BCUT2D eigenvalue weighted by atomic mass is 16.2. The molecule has 2 atom stereocenters. The van der Waals surface area contributed by atoms with E-state index in [0.717, 1.165) is 33.6 Å². The molecule has 0 aliphatic carbocycles. The molecule has 2 amide bonds. The van der Waals surface area contributed by atoms with Crippen LogP contribution < -0.4 is 10.6 Å². The van der Waals surface area contributed by atoms with Gasteiger partial charge >= 0.3 is 0 Å². The highest BCUT2D eigenvalue weighted by Gasteiger charge is 2.30. The Morgan fingerprint density at radius 2 is 0.941 bits per heavy atom. The standard InChI is InChI=1S/C28H26N4O2/c1-19(33)31-17-25(29-27(31)23-9-5-3-6-10-23)21-13-15-22(16-14-21)26-18-32(20(2)34)28(30-26)24-11-7-4-8-12-24/h3-18,27-30H,1-2H3. The molecule has 0 spiro atoms. The first-order valence-corrected chi connectivity index (χ1v) is 11.3. The van der Waals surface area contributed by atoms with Gasteiger partial charge in [-0.15, -0.1) is 0 Å². The fourth-order valence-electron chi connectivity index (χ4n) is 4.38. The highest BCUT2D eigenvalue weighted by molar-refractivity contribution is 5.82. The summed E-state index contributed by atoms with van der Waals surface area (Å²) in [5, 5.41) is 6.96. The van der Waals surface area contributed by atoms with Gasteiger partial charge in [-0.05, 0) is 22.3 Å². The Kier molecular flexibility index (Phi) is 5.64. The fourth-order valence-corrected chi connectivity index (χ4v) is 4.38. The molecule has 170 valence electrons. The average molecular weight is 451 g/mol. The smallest absolute Gasteiger partial charge is 0.225 e. The van der Waals surface area contributed by atoms with Gasteiger partial charge in [0.25, 0.3) is 0 Å². The Hall–Kier alpha value is -4.32. The molecule has 0 aromatic heterocycles. The van der Waals surface area contributed by atoms with E-state index in [1.54, 1.807) is 23.6 Å². The molecule has 2 aliphatic rings. The Balaban J connectivity index is 1.38. The molecule has 3 aromatic rings. The summed E-state index contributed by atoms with van der Waals surface area (Å²) in [6.45, 7) is 3.14. The van der Waals surface area contributed by atoms with Gasteiger partial charge in [-0.3, -0.25) is 19.4 Å². The lowest BCUT2D eigenvalue weighted by molar-refractivity contribution is -0.128. The van der Waals surface area contributed by atoms with Gasteiger partial charge in [0.05, 0.1) is 11.4 Å². The topological polar surface area (TPSA) is 64.7 Å². The molecule has 5 rings (SSSR count). The maximum absolute atomic E-state index is 12.3. The summed E-state index contributed by atoms with van der Waals surface area (Å²) >= 11 is 0. The number of carbonyl (C=O) groups excluding carboxylic acids is 2. The number of nitrogens with one attached hydrogen (secondary N) is 2. The van der Waals surface area contributed by atoms with Gasteiger partial charge in [0.2, 0.25) is 11.8 Å². The number of amides is 2. The molecule has 0 bridgehead atoms. The van der Waals surface area contributed by atoms with Crippen LogP contribution in [0.15, 0.2) is 97.3 Å². The Morgan fingerprint density at radius 3 is 1.26 bits per heavy atom. The lowest BCUT2D eigenvalue weighted by atomic mass is 10.1. The van der Waals surface area contributed by atoms with E-state index in [1.165, 1.54) is 0 Å². The van der Waals surface area contributed by atoms with Gasteiger partial charge in [0, 0.05) is 26.2 Å². The van der Waals surface area contributed by atoms with E-state index in [4.69, 9.17) is 0 Å². The quantitative estimate of drug-likeness (QED) is 0.611. The van der Waals surface area contributed by atoms with Crippen molar-refractivity contribution in [3.05, 3.63) is 120 Å². The van der Waals surface area contributed by atoms with Crippen molar-refractivity contribution in [2.75, 3.05) is 0 Å². The minimum absolute atomic E-state index is 0.0236. The first-order chi connectivity index (χ1) is 16.5. The highest BCUT2D eigenvalue weighted by Crippen LogP contribution is 2.33. The van der Waals surface area contributed by atoms with Gasteiger partial charge < -0.3 is 10.6 Å². The molecule has 0 fully saturated rings. The lowest BCUT2D eigenvalue weighted by Gasteiger charge is -2.23. The van der Waals surface area contributed by atoms with E-state index in [0.29, 0.717) is 0 Å². The summed E-state index contributed by atoms with van der Waals surface area (Å²) < 4.78 is 0. The normalized spacial score (nSPS) is 19.2. The van der Waals surface area contributed by atoms with Crippen LogP contribution in [0, 0.1) is 0 Å². The summed E-state index contributed by atoms with van der Waals surface area (Å²) in [5.74, 6) is -0.0471. The number of hydrogen-bond acceptors (Lipinski definition) is 4. The number of benzene rings is 3. The molecule has 2 unspecified atom stereocenters. The monoisotopic (exact) mass is 450 g/mol. The molecular weight excluding hydrogens is 424 g/mol. The molecular formula is C28H26N4O2. The van der Waals surface area contributed by atoms with Gasteiger partial charge in [0.1, 0.15) is 12.3 Å². The second-order valence-corrected chi connectivity index (χ2v) is 8.43. The molecule has 2 N–H and O–H groups in total. The Bertz CT molecular complexity index is 1170. The molecule has 2 heterocycles. The first-order valence-electron chi connectivity index (χ1n) is 11.3. The third-order valence-corrected chi connectivity index (χ3v) is 6.14. The third kappa shape index (κ3) is 4.06.